The zero-order valence-electron chi connectivity index (χ0n) is 11.4. The molecule has 0 bridgehead atoms. The molecule has 20 heavy (non-hydrogen) atoms. The van der Waals surface area contributed by atoms with Crippen LogP contribution in [-0.2, 0) is 14.2 Å². The predicted molar refractivity (Wildman–Crippen MR) is 75.2 cm³/mol. The van der Waals surface area contributed by atoms with Crippen LogP contribution in [0.5, 0.6) is 0 Å². The first-order chi connectivity index (χ1) is 9.13. The summed E-state index contributed by atoms with van der Waals surface area (Å²) in [6.45, 7) is 3.02. The van der Waals surface area contributed by atoms with Gasteiger partial charge in [-0.15, -0.1) is 11.6 Å². The predicted octanol–water partition coefficient (Wildman–Crippen LogP) is -0.523. The number of amides is 2. The summed E-state index contributed by atoms with van der Waals surface area (Å²) in [6.07, 6.45) is 1.17. The van der Waals surface area contributed by atoms with Crippen LogP contribution in [0.15, 0.2) is 0 Å². The molecule has 3 atom stereocenters. The zero-order valence-corrected chi connectivity index (χ0v) is 13.0. The highest BCUT2D eigenvalue weighted by Gasteiger charge is 2.29. The van der Waals surface area contributed by atoms with Gasteiger partial charge in [0.1, 0.15) is 11.8 Å². The Balaban J connectivity index is 4.57. The minimum absolute atomic E-state index is 0.232. The molecule has 0 saturated carbocycles. The number of hydrogen-bond acceptors (Lipinski definition) is 4. The number of nitrogens with one attached hydrogen (secondary N) is 2. The van der Waals surface area contributed by atoms with Gasteiger partial charge in [-0.25, -0.2) is 0 Å². The molecule has 8 nitrogen and oxygen atoms in total. The molecule has 10 heteroatoms. The van der Waals surface area contributed by atoms with E-state index in [9.17, 15) is 14.2 Å². The van der Waals surface area contributed by atoms with Gasteiger partial charge in [0.05, 0.1) is 11.9 Å². The number of carbonyl (C=O) groups is 2. The number of nitrogens with two attached hydrogens (primary N) is 1. The van der Waals surface area contributed by atoms with Gasteiger partial charge in [-0.2, -0.15) is 0 Å². The van der Waals surface area contributed by atoms with Crippen LogP contribution in [0, 0.1) is 0 Å². The minimum Gasteiger partial charge on any atom is -0.342 e. The van der Waals surface area contributed by atoms with Gasteiger partial charge >= 0.3 is 7.60 Å². The van der Waals surface area contributed by atoms with Crippen molar-refractivity contribution in [3.8, 4) is 0 Å². The van der Waals surface area contributed by atoms with Crippen LogP contribution in [-0.4, -0.2) is 45.3 Å². The van der Waals surface area contributed by atoms with E-state index in [4.69, 9.17) is 27.1 Å². The van der Waals surface area contributed by atoms with Crippen molar-refractivity contribution in [3.05, 3.63) is 0 Å². The Morgan fingerprint density at radius 2 is 1.85 bits per heavy atom. The van der Waals surface area contributed by atoms with E-state index in [2.05, 4.69) is 10.6 Å². The summed E-state index contributed by atoms with van der Waals surface area (Å²) in [5.74, 6) is -2.89. The molecule has 0 aliphatic rings. The molecule has 0 saturated heterocycles. The van der Waals surface area contributed by atoms with Crippen LogP contribution in [0.2, 0.25) is 0 Å². The quantitative estimate of drug-likeness (QED) is 0.299. The van der Waals surface area contributed by atoms with Crippen LogP contribution >= 0.6 is 19.2 Å². The van der Waals surface area contributed by atoms with E-state index >= 15 is 0 Å². The number of halogens is 1. The normalized spacial score (nSPS) is 16.1. The molecule has 2 amide bonds. The SMILES string of the molecule is CCC[C@H](N)C(=O)N[C@@H](CCl)C(=O)NC(C)P(=O)(O)O. The van der Waals surface area contributed by atoms with Gasteiger partial charge < -0.3 is 26.2 Å². The fourth-order valence-electron chi connectivity index (χ4n) is 1.29. The molecule has 0 spiro atoms. The summed E-state index contributed by atoms with van der Waals surface area (Å²) in [5.41, 5.74) is 5.59. The van der Waals surface area contributed by atoms with Crippen molar-refractivity contribution in [1.29, 1.82) is 0 Å². The average Bonchev–Trinajstić information content (AvgIpc) is 2.34. The maximum absolute atomic E-state index is 11.8. The first-order valence-electron chi connectivity index (χ1n) is 6.11. The summed E-state index contributed by atoms with van der Waals surface area (Å²) < 4.78 is 10.9. The van der Waals surface area contributed by atoms with Gasteiger partial charge in [-0.1, -0.05) is 13.3 Å². The van der Waals surface area contributed by atoms with E-state index < -0.39 is 37.3 Å². The third-order valence-electron chi connectivity index (χ3n) is 2.58. The molecule has 0 radical (unpaired) electrons. The number of hydrogen-bond donors (Lipinski definition) is 5. The lowest BCUT2D eigenvalue weighted by atomic mass is 10.1. The summed E-state index contributed by atoms with van der Waals surface area (Å²) in [6, 6.07) is -1.85. The number of carbonyl (C=O) groups excluding carboxylic acids is 2. The first kappa shape index (κ1) is 19.3. The van der Waals surface area contributed by atoms with E-state index in [0.717, 1.165) is 6.92 Å². The van der Waals surface area contributed by atoms with Gasteiger partial charge in [0.25, 0.3) is 0 Å². The molecule has 118 valence electrons. The lowest BCUT2D eigenvalue weighted by Crippen LogP contribution is -2.53. The van der Waals surface area contributed by atoms with Crippen molar-refractivity contribution < 1.29 is 23.9 Å². The van der Waals surface area contributed by atoms with Gasteiger partial charge in [-0.3, -0.25) is 14.2 Å². The molecule has 6 N–H and O–H groups in total. The fourth-order valence-corrected chi connectivity index (χ4v) is 1.80. The van der Waals surface area contributed by atoms with Crippen LogP contribution < -0.4 is 16.4 Å². The van der Waals surface area contributed by atoms with Gasteiger partial charge in [-0.05, 0) is 13.3 Å². The summed E-state index contributed by atoms with van der Waals surface area (Å²) in [7, 11) is -4.44. The Hall–Kier alpha value is -0.660. The van der Waals surface area contributed by atoms with Crippen molar-refractivity contribution in [3.63, 3.8) is 0 Å². The zero-order chi connectivity index (χ0) is 15.9. The molecule has 1 unspecified atom stereocenters. The third-order valence-corrected chi connectivity index (χ3v) is 4.03. The Bertz CT molecular complexity index is 389. The topological polar surface area (TPSA) is 142 Å². The number of alkyl halides is 1. The summed E-state index contributed by atoms with van der Waals surface area (Å²) >= 11 is 5.58. The van der Waals surface area contributed by atoms with Gasteiger partial charge in [0.2, 0.25) is 11.8 Å². The molecule has 0 rings (SSSR count). The van der Waals surface area contributed by atoms with Gasteiger partial charge in [0.15, 0.2) is 0 Å². The highest BCUT2D eigenvalue weighted by molar-refractivity contribution is 7.52. The number of rotatable bonds is 8. The van der Waals surface area contributed by atoms with Crippen molar-refractivity contribution in [2.45, 2.75) is 44.6 Å². The second-order valence-electron chi connectivity index (χ2n) is 4.38. The molecule has 0 heterocycles. The molecule has 0 fully saturated rings. The van der Waals surface area contributed by atoms with E-state index in [1.807, 2.05) is 6.92 Å². The van der Waals surface area contributed by atoms with E-state index in [1.54, 1.807) is 0 Å². The fraction of sp³-hybridized carbons (Fsp3) is 0.800. The second-order valence-corrected chi connectivity index (χ2v) is 6.65. The molecule has 0 aromatic rings. The van der Waals surface area contributed by atoms with Crippen molar-refractivity contribution >= 4 is 31.0 Å². The second kappa shape index (κ2) is 8.59. The smallest absolute Gasteiger partial charge is 0.342 e. The molecular formula is C10H21ClN3O5P. The Morgan fingerprint density at radius 1 is 1.30 bits per heavy atom. The Morgan fingerprint density at radius 3 is 2.25 bits per heavy atom. The van der Waals surface area contributed by atoms with Crippen molar-refractivity contribution in [2.75, 3.05) is 5.88 Å². The Labute approximate surface area is 122 Å². The maximum atomic E-state index is 11.8. The lowest BCUT2D eigenvalue weighted by molar-refractivity contribution is -0.129. The highest BCUT2D eigenvalue weighted by atomic mass is 35.5. The van der Waals surface area contributed by atoms with Crippen molar-refractivity contribution in [1.82, 2.24) is 10.6 Å². The Kier molecular flexibility index (Phi) is 8.30. The average molecular weight is 330 g/mol. The van der Waals surface area contributed by atoms with E-state index in [0.29, 0.717) is 12.8 Å². The highest BCUT2D eigenvalue weighted by Crippen LogP contribution is 2.39. The van der Waals surface area contributed by atoms with Crippen LogP contribution in [0.3, 0.4) is 0 Å². The van der Waals surface area contributed by atoms with Gasteiger partial charge in [0, 0.05) is 0 Å². The maximum Gasteiger partial charge on any atom is 0.347 e. The molecule has 0 aliphatic carbocycles. The van der Waals surface area contributed by atoms with Crippen molar-refractivity contribution in [2.24, 2.45) is 5.73 Å². The molecule has 0 aliphatic heterocycles. The monoisotopic (exact) mass is 329 g/mol. The molecule has 0 aromatic heterocycles. The van der Waals surface area contributed by atoms with E-state index in [-0.39, 0.29) is 5.88 Å². The van der Waals surface area contributed by atoms with Crippen LogP contribution in [0.1, 0.15) is 26.7 Å². The standard InChI is InChI=1S/C10H21ClN3O5P/c1-3-4-7(12)9(15)14-8(5-11)10(16)13-6(2)20(17,18)19/h6-8H,3-5,12H2,1-2H3,(H,13,16)(H,14,15)(H2,17,18,19)/t6?,7-,8-/m0/s1. The van der Waals surface area contributed by atoms with Crippen LogP contribution in [0.4, 0.5) is 0 Å². The largest absolute Gasteiger partial charge is 0.347 e. The van der Waals surface area contributed by atoms with E-state index in [1.165, 1.54) is 0 Å². The summed E-state index contributed by atoms with van der Waals surface area (Å²) in [4.78, 5) is 41.2. The minimum atomic E-state index is -4.44. The third kappa shape index (κ3) is 6.67. The first-order valence-corrected chi connectivity index (χ1v) is 8.32. The molecule has 0 aromatic carbocycles. The van der Waals surface area contributed by atoms with Crippen LogP contribution in [0.25, 0.3) is 0 Å². The molecular weight excluding hydrogens is 309 g/mol. The lowest BCUT2D eigenvalue weighted by Gasteiger charge is -2.21. The summed E-state index contributed by atoms with van der Waals surface area (Å²) in [5, 5.41) is 4.45.